The summed E-state index contributed by atoms with van der Waals surface area (Å²) in [5, 5.41) is 9.48. The van der Waals surface area contributed by atoms with Crippen LogP contribution < -0.4 is 0 Å². The highest BCUT2D eigenvalue weighted by Crippen LogP contribution is 2.51. The van der Waals surface area contributed by atoms with Crippen molar-refractivity contribution in [2.75, 3.05) is 13.2 Å². The molecule has 0 unspecified atom stereocenters. The van der Waals surface area contributed by atoms with Gasteiger partial charge in [-0.25, -0.2) is 0 Å². The highest BCUT2D eigenvalue weighted by atomic mass is 16.7. The third-order valence-electron chi connectivity index (χ3n) is 4.06. The van der Waals surface area contributed by atoms with Crippen molar-refractivity contribution in [3.8, 4) is 0 Å². The van der Waals surface area contributed by atoms with Crippen LogP contribution in [0.1, 0.15) is 33.1 Å². The van der Waals surface area contributed by atoms with Crippen LogP contribution in [0.15, 0.2) is 11.8 Å². The molecule has 16 heavy (non-hydrogen) atoms. The molecule has 0 bridgehead atoms. The molecule has 0 radical (unpaired) electrons. The zero-order valence-electron chi connectivity index (χ0n) is 10.0. The third-order valence-corrected chi connectivity index (χ3v) is 4.06. The van der Waals surface area contributed by atoms with Gasteiger partial charge < -0.3 is 14.6 Å². The first kappa shape index (κ1) is 10.6. The molecule has 3 rings (SSSR count). The minimum atomic E-state index is -0.345. The van der Waals surface area contributed by atoms with Crippen LogP contribution >= 0.6 is 0 Å². The molecule has 1 aliphatic heterocycles. The fraction of sp³-hybridized carbons (Fsp3) is 0.846. The van der Waals surface area contributed by atoms with E-state index in [2.05, 4.69) is 13.8 Å². The number of fused-ring (bicyclic) bond motifs is 1. The molecular weight excluding hydrogens is 204 g/mol. The number of aliphatic hydroxyl groups is 1. The first-order chi connectivity index (χ1) is 7.48. The van der Waals surface area contributed by atoms with E-state index < -0.39 is 0 Å². The fourth-order valence-electron chi connectivity index (χ4n) is 3.14. The molecule has 0 aromatic rings. The van der Waals surface area contributed by atoms with E-state index in [1.807, 2.05) is 6.08 Å². The van der Waals surface area contributed by atoms with Gasteiger partial charge in [-0.2, -0.15) is 0 Å². The van der Waals surface area contributed by atoms with Gasteiger partial charge in [-0.3, -0.25) is 0 Å². The molecule has 1 saturated carbocycles. The van der Waals surface area contributed by atoms with E-state index in [9.17, 15) is 5.11 Å². The van der Waals surface area contributed by atoms with E-state index in [4.69, 9.17) is 9.47 Å². The molecular formula is C13H20O3. The fourth-order valence-corrected chi connectivity index (χ4v) is 3.14. The van der Waals surface area contributed by atoms with Gasteiger partial charge >= 0.3 is 0 Å². The number of allylic oxidation sites excluding steroid dienone is 2. The Morgan fingerprint density at radius 3 is 2.56 bits per heavy atom. The van der Waals surface area contributed by atoms with E-state index in [0.717, 1.165) is 32.5 Å². The van der Waals surface area contributed by atoms with Crippen LogP contribution in [-0.2, 0) is 9.47 Å². The summed E-state index contributed by atoms with van der Waals surface area (Å²) < 4.78 is 12.0. The van der Waals surface area contributed by atoms with Crippen molar-refractivity contribution in [3.05, 3.63) is 11.8 Å². The van der Waals surface area contributed by atoms with E-state index in [0.29, 0.717) is 17.6 Å². The molecule has 3 nitrogen and oxygen atoms in total. The maximum atomic E-state index is 9.48. The lowest BCUT2D eigenvalue weighted by Crippen LogP contribution is -2.46. The van der Waals surface area contributed by atoms with E-state index in [1.165, 1.54) is 0 Å². The highest BCUT2D eigenvalue weighted by molar-refractivity contribution is 5.12. The first-order valence-electron chi connectivity index (χ1n) is 6.16. The standard InChI is InChI=1S/C13H20O3/c1-12(2)7-15-13(16-8-12)5-9-3-11(14)4-10(9)6-13/h3,9-10,14H,4-8H2,1-2H3/t9-,10+/m0/s1. The van der Waals surface area contributed by atoms with Crippen LogP contribution in [0.25, 0.3) is 0 Å². The quantitative estimate of drug-likeness (QED) is 0.687. The van der Waals surface area contributed by atoms with Crippen LogP contribution in [0.3, 0.4) is 0 Å². The zero-order valence-corrected chi connectivity index (χ0v) is 10.0. The molecule has 2 fully saturated rings. The van der Waals surface area contributed by atoms with Gasteiger partial charge in [0.1, 0.15) is 0 Å². The maximum absolute atomic E-state index is 9.48. The average Bonchev–Trinajstić information content (AvgIpc) is 2.66. The van der Waals surface area contributed by atoms with Gasteiger partial charge in [0, 0.05) is 24.7 Å². The minimum Gasteiger partial charge on any atom is -0.513 e. The Labute approximate surface area is 96.4 Å². The lowest BCUT2D eigenvalue weighted by molar-refractivity contribution is -0.296. The van der Waals surface area contributed by atoms with Crippen molar-refractivity contribution in [3.63, 3.8) is 0 Å². The van der Waals surface area contributed by atoms with Gasteiger partial charge in [-0.15, -0.1) is 0 Å². The lowest BCUT2D eigenvalue weighted by Gasteiger charge is -2.41. The second-order valence-electron chi connectivity index (χ2n) is 6.35. The van der Waals surface area contributed by atoms with Gasteiger partial charge in [-0.05, 0) is 17.9 Å². The van der Waals surface area contributed by atoms with Gasteiger partial charge in [0.2, 0.25) is 0 Å². The number of rotatable bonds is 0. The SMILES string of the molecule is CC1(C)COC2(C[C@H]3CC(O)=C[C@H]3C2)OC1. The molecule has 1 spiro atoms. The molecule has 3 heteroatoms. The Bertz CT molecular complexity index is 322. The Balaban J connectivity index is 1.70. The van der Waals surface area contributed by atoms with Crippen LogP contribution in [-0.4, -0.2) is 24.1 Å². The van der Waals surface area contributed by atoms with Gasteiger partial charge in [0.05, 0.1) is 19.0 Å². The summed E-state index contributed by atoms with van der Waals surface area (Å²) in [5.41, 5.74) is 0.140. The Morgan fingerprint density at radius 1 is 1.25 bits per heavy atom. The number of hydrogen-bond acceptors (Lipinski definition) is 3. The van der Waals surface area contributed by atoms with Crippen LogP contribution in [0.5, 0.6) is 0 Å². The van der Waals surface area contributed by atoms with Crippen molar-refractivity contribution in [2.45, 2.75) is 38.9 Å². The maximum Gasteiger partial charge on any atom is 0.169 e. The largest absolute Gasteiger partial charge is 0.513 e. The van der Waals surface area contributed by atoms with E-state index in [-0.39, 0.29) is 11.2 Å². The monoisotopic (exact) mass is 224 g/mol. The third kappa shape index (κ3) is 1.66. The highest BCUT2D eigenvalue weighted by Gasteiger charge is 2.51. The van der Waals surface area contributed by atoms with Crippen molar-refractivity contribution in [1.29, 1.82) is 0 Å². The van der Waals surface area contributed by atoms with Crippen molar-refractivity contribution < 1.29 is 14.6 Å². The average molecular weight is 224 g/mol. The smallest absolute Gasteiger partial charge is 0.169 e. The predicted octanol–water partition coefficient (Wildman–Crippen LogP) is 2.63. The summed E-state index contributed by atoms with van der Waals surface area (Å²) in [6.45, 7) is 5.90. The first-order valence-corrected chi connectivity index (χ1v) is 6.16. The van der Waals surface area contributed by atoms with Crippen LogP contribution in [0, 0.1) is 17.3 Å². The summed E-state index contributed by atoms with van der Waals surface area (Å²) in [4.78, 5) is 0. The molecule has 90 valence electrons. The topological polar surface area (TPSA) is 38.7 Å². The van der Waals surface area contributed by atoms with Gasteiger partial charge in [-0.1, -0.05) is 13.8 Å². The van der Waals surface area contributed by atoms with Gasteiger partial charge in [0.25, 0.3) is 0 Å². The van der Waals surface area contributed by atoms with Crippen molar-refractivity contribution in [2.24, 2.45) is 17.3 Å². The minimum absolute atomic E-state index is 0.140. The summed E-state index contributed by atoms with van der Waals surface area (Å²) in [5.74, 6) is 1.20. The van der Waals surface area contributed by atoms with Gasteiger partial charge in [0.15, 0.2) is 5.79 Å². The molecule has 2 atom stereocenters. The normalized spacial score (nSPS) is 39.8. The van der Waals surface area contributed by atoms with Crippen molar-refractivity contribution >= 4 is 0 Å². The summed E-state index contributed by atoms with van der Waals surface area (Å²) in [6.07, 6.45) is 4.65. The van der Waals surface area contributed by atoms with Crippen LogP contribution in [0.2, 0.25) is 0 Å². The number of ether oxygens (including phenoxy) is 2. The Kier molecular flexibility index (Phi) is 2.14. The summed E-state index contributed by atoms with van der Waals surface area (Å²) >= 11 is 0. The van der Waals surface area contributed by atoms with Crippen molar-refractivity contribution in [1.82, 2.24) is 0 Å². The molecule has 0 aromatic carbocycles. The predicted molar refractivity (Wildman–Crippen MR) is 60.0 cm³/mol. The molecule has 1 saturated heterocycles. The molecule has 0 aromatic heterocycles. The summed E-state index contributed by atoms with van der Waals surface area (Å²) in [7, 11) is 0. The van der Waals surface area contributed by atoms with E-state index in [1.54, 1.807) is 0 Å². The zero-order chi connectivity index (χ0) is 11.4. The second-order valence-corrected chi connectivity index (χ2v) is 6.35. The molecule has 3 aliphatic rings. The van der Waals surface area contributed by atoms with Crippen LogP contribution in [0.4, 0.5) is 0 Å². The molecule has 2 aliphatic carbocycles. The molecule has 1 heterocycles. The Morgan fingerprint density at radius 2 is 1.94 bits per heavy atom. The summed E-state index contributed by atoms with van der Waals surface area (Å²) in [6, 6.07) is 0. The lowest BCUT2D eigenvalue weighted by atomic mass is 9.94. The second kappa shape index (κ2) is 3.23. The van der Waals surface area contributed by atoms with E-state index >= 15 is 0 Å². The Hall–Kier alpha value is -0.540. The number of hydrogen-bond donors (Lipinski definition) is 1. The molecule has 0 amide bonds. The molecule has 1 N–H and O–H groups in total. The number of aliphatic hydroxyl groups excluding tert-OH is 1.